The fourth-order valence-electron chi connectivity index (χ4n) is 4.43. The molecule has 3 aromatic rings. The number of amides is 2. The minimum atomic E-state index is -1.21. The molecule has 4 rings (SSSR count). The number of carboxylic acids is 1. The molecular formula is C28H28ClN3O5. The van der Waals surface area contributed by atoms with Gasteiger partial charge in [-0.25, -0.2) is 4.79 Å². The maximum atomic E-state index is 12.7. The monoisotopic (exact) mass is 521 g/mol. The summed E-state index contributed by atoms with van der Waals surface area (Å²) in [7, 11) is 0. The van der Waals surface area contributed by atoms with Crippen molar-refractivity contribution in [3.05, 3.63) is 101 Å². The van der Waals surface area contributed by atoms with Gasteiger partial charge in [-0.3, -0.25) is 14.5 Å². The molecule has 37 heavy (non-hydrogen) atoms. The number of ether oxygens (including phenoxy) is 1. The van der Waals surface area contributed by atoms with Crippen LogP contribution in [-0.4, -0.2) is 72.1 Å². The van der Waals surface area contributed by atoms with E-state index < -0.39 is 11.9 Å². The molecule has 0 saturated carbocycles. The number of carbonyl (C=O) groups excluding carboxylic acids is 2. The number of piperazine rings is 1. The van der Waals surface area contributed by atoms with Crippen LogP contribution in [0.1, 0.15) is 27.5 Å². The molecule has 0 unspecified atom stereocenters. The van der Waals surface area contributed by atoms with Gasteiger partial charge in [0.25, 0.3) is 0 Å². The lowest BCUT2D eigenvalue weighted by molar-refractivity contribution is -0.139. The lowest BCUT2D eigenvalue weighted by Gasteiger charge is -2.39. The summed E-state index contributed by atoms with van der Waals surface area (Å²) in [4.78, 5) is 40.4. The van der Waals surface area contributed by atoms with E-state index in [0.717, 1.165) is 0 Å². The maximum Gasteiger partial charge on any atom is 0.337 e. The van der Waals surface area contributed by atoms with Gasteiger partial charge in [-0.1, -0.05) is 72.3 Å². The molecule has 2 amide bonds. The predicted molar refractivity (Wildman–Crippen MR) is 141 cm³/mol. The number of benzene rings is 3. The first-order valence-electron chi connectivity index (χ1n) is 11.9. The minimum absolute atomic E-state index is 0.100. The van der Waals surface area contributed by atoms with Gasteiger partial charge in [0.15, 0.2) is 0 Å². The van der Waals surface area contributed by atoms with Gasteiger partial charge in [0, 0.05) is 31.2 Å². The second-order valence-corrected chi connectivity index (χ2v) is 9.11. The highest BCUT2D eigenvalue weighted by Gasteiger charge is 2.28. The average molecular weight is 522 g/mol. The molecule has 9 heteroatoms. The molecule has 0 aliphatic carbocycles. The summed E-state index contributed by atoms with van der Waals surface area (Å²) in [6.07, 6.45) is 0. The van der Waals surface area contributed by atoms with Crippen LogP contribution in [-0.2, 0) is 14.3 Å². The van der Waals surface area contributed by atoms with Crippen LogP contribution in [0, 0.1) is 0 Å². The Morgan fingerprint density at radius 2 is 1.46 bits per heavy atom. The fourth-order valence-corrected chi connectivity index (χ4v) is 4.60. The van der Waals surface area contributed by atoms with Crippen LogP contribution in [0.25, 0.3) is 0 Å². The Hall–Kier alpha value is -3.72. The number of aromatic carboxylic acids is 1. The Labute approximate surface area is 220 Å². The molecule has 1 fully saturated rings. The number of anilines is 1. The number of hydrogen-bond donors (Lipinski definition) is 2. The fraction of sp³-hybridized carbons (Fsp3) is 0.250. The Kier molecular flexibility index (Phi) is 8.90. The smallest absolute Gasteiger partial charge is 0.337 e. The maximum absolute atomic E-state index is 12.7. The average Bonchev–Trinajstić information content (AvgIpc) is 2.91. The summed E-state index contributed by atoms with van der Waals surface area (Å²) in [5.41, 5.74) is 2.39. The number of halogens is 1. The highest BCUT2D eigenvalue weighted by atomic mass is 35.5. The molecule has 192 valence electrons. The Morgan fingerprint density at radius 3 is 2.03 bits per heavy atom. The predicted octanol–water partition coefficient (Wildman–Crippen LogP) is 3.93. The summed E-state index contributed by atoms with van der Waals surface area (Å²) in [5, 5.41) is 12.0. The van der Waals surface area contributed by atoms with Crippen LogP contribution >= 0.6 is 11.6 Å². The molecule has 1 saturated heterocycles. The molecule has 1 aliphatic rings. The highest BCUT2D eigenvalue weighted by Crippen LogP contribution is 2.29. The van der Waals surface area contributed by atoms with Gasteiger partial charge >= 0.3 is 5.97 Å². The highest BCUT2D eigenvalue weighted by molar-refractivity contribution is 6.31. The molecule has 0 atom stereocenters. The van der Waals surface area contributed by atoms with Crippen molar-refractivity contribution in [3.8, 4) is 0 Å². The second-order valence-electron chi connectivity index (χ2n) is 8.68. The summed E-state index contributed by atoms with van der Waals surface area (Å²) >= 11 is 5.83. The first kappa shape index (κ1) is 26.3. The third-order valence-electron chi connectivity index (χ3n) is 6.21. The van der Waals surface area contributed by atoms with Gasteiger partial charge in [-0.05, 0) is 29.3 Å². The Bertz CT molecular complexity index is 1190. The van der Waals surface area contributed by atoms with E-state index in [0.29, 0.717) is 26.2 Å². The van der Waals surface area contributed by atoms with Crippen molar-refractivity contribution >= 4 is 35.1 Å². The van der Waals surface area contributed by atoms with E-state index in [1.165, 1.54) is 29.3 Å². The van der Waals surface area contributed by atoms with Gasteiger partial charge in [-0.2, -0.15) is 0 Å². The van der Waals surface area contributed by atoms with Crippen LogP contribution in [0.3, 0.4) is 0 Å². The number of carbonyl (C=O) groups is 3. The quantitative estimate of drug-likeness (QED) is 0.443. The SMILES string of the molecule is O=C(COCC(=O)N1CCN(C(c2ccccc2)c2ccccc2)CC1)Nc1ccc(Cl)cc1C(=O)O. The van der Waals surface area contributed by atoms with Crippen LogP contribution in [0.5, 0.6) is 0 Å². The van der Waals surface area contributed by atoms with Crippen molar-refractivity contribution in [2.75, 3.05) is 44.7 Å². The van der Waals surface area contributed by atoms with E-state index in [4.69, 9.17) is 16.3 Å². The van der Waals surface area contributed by atoms with Crippen molar-refractivity contribution < 1.29 is 24.2 Å². The zero-order chi connectivity index (χ0) is 26.2. The van der Waals surface area contributed by atoms with E-state index in [1.807, 2.05) is 36.4 Å². The standard InChI is InChI=1S/C28H28ClN3O5/c29-22-11-12-24(23(17-22)28(35)36)30-25(33)18-37-19-26(34)31-13-15-32(16-14-31)27(20-7-3-1-4-8-20)21-9-5-2-6-10-21/h1-12,17,27H,13-16,18-19H2,(H,30,33)(H,35,36). The van der Waals surface area contributed by atoms with Crippen LogP contribution in [0.15, 0.2) is 78.9 Å². The Morgan fingerprint density at radius 1 is 0.865 bits per heavy atom. The Balaban J connectivity index is 1.27. The van der Waals surface area contributed by atoms with E-state index in [-0.39, 0.29) is 41.4 Å². The van der Waals surface area contributed by atoms with Gasteiger partial charge in [0.05, 0.1) is 17.3 Å². The summed E-state index contributed by atoms with van der Waals surface area (Å²) in [6.45, 7) is 1.90. The van der Waals surface area contributed by atoms with Crippen molar-refractivity contribution in [3.63, 3.8) is 0 Å². The van der Waals surface area contributed by atoms with Gasteiger partial charge in [-0.15, -0.1) is 0 Å². The van der Waals surface area contributed by atoms with Crippen molar-refractivity contribution in [1.82, 2.24) is 9.80 Å². The largest absolute Gasteiger partial charge is 0.478 e. The van der Waals surface area contributed by atoms with Crippen molar-refractivity contribution in [2.45, 2.75) is 6.04 Å². The van der Waals surface area contributed by atoms with E-state index in [9.17, 15) is 19.5 Å². The third-order valence-corrected chi connectivity index (χ3v) is 6.44. The van der Waals surface area contributed by atoms with E-state index in [2.05, 4.69) is 34.5 Å². The van der Waals surface area contributed by atoms with E-state index in [1.54, 1.807) is 4.90 Å². The van der Waals surface area contributed by atoms with Gasteiger partial charge in [0.2, 0.25) is 11.8 Å². The van der Waals surface area contributed by atoms with Crippen LogP contribution in [0.4, 0.5) is 5.69 Å². The van der Waals surface area contributed by atoms with Gasteiger partial charge in [0.1, 0.15) is 13.2 Å². The molecule has 3 aromatic carbocycles. The lowest BCUT2D eigenvalue weighted by Crippen LogP contribution is -2.50. The van der Waals surface area contributed by atoms with E-state index >= 15 is 0 Å². The van der Waals surface area contributed by atoms with Crippen molar-refractivity contribution in [2.24, 2.45) is 0 Å². The lowest BCUT2D eigenvalue weighted by atomic mass is 9.96. The summed E-state index contributed by atoms with van der Waals surface area (Å²) in [6, 6.07) is 24.9. The summed E-state index contributed by atoms with van der Waals surface area (Å²) in [5.74, 6) is -1.97. The first-order valence-corrected chi connectivity index (χ1v) is 12.3. The molecule has 8 nitrogen and oxygen atoms in total. The number of hydrogen-bond acceptors (Lipinski definition) is 5. The number of nitrogens with one attached hydrogen (secondary N) is 1. The topological polar surface area (TPSA) is 99.2 Å². The number of carboxylic acid groups (broad SMARTS) is 1. The molecule has 1 heterocycles. The van der Waals surface area contributed by atoms with Crippen LogP contribution < -0.4 is 5.32 Å². The second kappa shape index (κ2) is 12.5. The van der Waals surface area contributed by atoms with Crippen molar-refractivity contribution in [1.29, 1.82) is 0 Å². The number of rotatable bonds is 9. The zero-order valence-corrected chi connectivity index (χ0v) is 20.9. The number of nitrogens with zero attached hydrogens (tertiary/aromatic N) is 2. The third kappa shape index (κ3) is 6.95. The molecule has 0 bridgehead atoms. The first-order chi connectivity index (χ1) is 17.9. The summed E-state index contributed by atoms with van der Waals surface area (Å²) < 4.78 is 5.33. The molecule has 2 N–H and O–H groups in total. The molecule has 1 aliphatic heterocycles. The normalized spacial score (nSPS) is 13.9. The zero-order valence-electron chi connectivity index (χ0n) is 20.2. The molecule has 0 aromatic heterocycles. The molecular weight excluding hydrogens is 494 g/mol. The van der Waals surface area contributed by atoms with Gasteiger partial charge < -0.3 is 20.1 Å². The molecule has 0 spiro atoms. The molecule has 0 radical (unpaired) electrons. The minimum Gasteiger partial charge on any atom is -0.478 e. The van der Waals surface area contributed by atoms with Crippen LogP contribution in [0.2, 0.25) is 5.02 Å².